The van der Waals surface area contributed by atoms with Crippen LogP contribution in [0.15, 0.2) is 48.5 Å². The van der Waals surface area contributed by atoms with Crippen molar-refractivity contribution in [1.29, 1.82) is 0 Å². The summed E-state index contributed by atoms with van der Waals surface area (Å²) >= 11 is 0. The Labute approximate surface area is 173 Å². The van der Waals surface area contributed by atoms with E-state index in [4.69, 9.17) is 9.47 Å². The summed E-state index contributed by atoms with van der Waals surface area (Å²) in [7, 11) is 1.64. The van der Waals surface area contributed by atoms with Gasteiger partial charge in [-0.25, -0.2) is 9.18 Å². The molecule has 2 aromatic carbocycles. The zero-order valence-electron chi connectivity index (χ0n) is 17.7. The molecule has 158 valence electrons. The fourth-order valence-corrected chi connectivity index (χ4v) is 3.37. The lowest BCUT2D eigenvalue weighted by Gasteiger charge is -2.30. The molecule has 2 aromatic rings. The van der Waals surface area contributed by atoms with E-state index in [0.717, 1.165) is 49.1 Å². The van der Waals surface area contributed by atoms with E-state index in [-0.39, 0.29) is 11.8 Å². The summed E-state index contributed by atoms with van der Waals surface area (Å²) in [6.45, 7) is 5.64. The summed E-state index contributed by atoms with van der Waals surface area (Å²) in [5.74, 6) is 0.174. The number of ether oxygens (including phenoxy) is 2. The molecule has 0 fully saturated rings. The molecule has 0 amide bonds. The van der Waals surface area contributed by atoms with Gasteiger partial charge in [-0.05, 0) is 55.3 Å². The Morgan fingerprint density at radius 1 is 1.00 bits per heavy atom. The molecule has 0 saturated carbocycles. The number of rotatable bonds is 12. The Bertz CT molecular complexity index is 731. The van der Waals surface area contributed by atoms with Gasteiger partial charge in [0.2, 0.25) is 0 Å². The van der Waals surface area contributed by atoms with Crippen molar-refractivity contribution in [3.8, 4) is 5.75 Å². The second kappa shape index (κ2) is 12.2. The summed E-state index contributed by atoms with van der Waals surface area (Å²) in [4.78, 5) is 15.0. The third kappa shape index (κ3) is 7.17. The SMILES string of the molecule is CCCCCCN(Cc1ccc(OC)cc1)C(C(=O)OCC)c1ccc(F)cc1. The molecule has 0 heterocycles. The van der Waals surface area contributed by atoms with Gasteiger partial charge < -0.3 is 9.47 Å². The van der Waals surface area contributed by atoms with Crippen molar-refractivity contribution in [3.05, 3.63) is 65.5 Å². The van der Waals surface area contributed by atoms with E-state index in [1.54, 1.807) is 26.2 Å². The smallest absolute Gasteiger partial charge is 0.328 e. The van der Waals surface area contributed by atoms with Gasteiger partial charge in [-0.3, -0.25) is 4.90 Å². The van der Waals surface area contributed by atoms with E-state index in [0.29, 0.717) is 13.2 Å². The molecule has 0 bridgehead atoms. The summed E-state index contributed by atoms with van der Waals surface area (Å²) < 4.78 is 24.1. The maximum Gasteiger partial charge on any atom is 0.328 e. The Kier molecular flexibility index (Phi) is 9.65. The number of hydrogen-bond acceptors (Lipinski definition) is 4. The maximum absolute atomic E-state index is 13.5. The molecule has 0 radical (unpaired) electrons. The van der Waals surface area contributed by atoms with Crippen LogP contribution in [0.25, 0.3) is 0 Å². The number of halogens is 1. The minimum atomic E-state index is -0.570. The third-order valence-electron chi connectivity index (χ3n) is 4.90. The van der Waals surface area contributed by atoms with Gasteiger partial charge in [0.05, 0.1) is 13.7 Å². The molecular weight excluding hydrogens is 369 g/mol. The predicted octanol–water partition coefficient (Wildman–Crippen LogP) is 5.52. The second-order valence-corrected chi connectivity index (χ2v) is 7.09. The largest absolute Gasteiger partial charge is 0.497 e. The number of esters is 1. The van der Waals surface area contributed by atoms with E-state index in [1.807, 2.05) is 24.3 Å². The second-order valence-electron chi connectivity index (χ2n) is 7.09. The van der Waals surface area contributed by atoms with E-state index >= 15 is 0 Å². The summed E-state index contributed by atoms with van der Waals surface area (Å²) in [6, 6.07) is 13.4. The van der Waals surface area contributed by atoms with Crippen molar-refractivity contribution in [2.75, 3.05) is 20.3 Å². The number of unbranched alkanes of at least 4 members (excludes halogenated alkanes) is 3. The van der Waals surface area contributed by atoms with Crippen LogP contribution in [-0.4, -0.2) is 31.1 Å². The standard InChI is InChI=1S/C24H32FNO3/c1-4-6-7-8-17-26(18-19-9-15-22(28-3)16-10-19)23(24(27)29-5-2)20-11-13-21(25)14-12-20/h9-16,23H,4-8,17-18H2,1-3H3. The van der Waals surface area contributed by atoms with Crippen molar-refractivity contribution in [2.24, 2.45) is 0 Å². The fraction of sp³-hybridized carbons (Fsp3) is 0.458. The van der Waals surface area contributed by atoms with Gasteiger partial charge in [0.15, 0.2) is 0 Å². The Morgan fingerprint density at radius 2 is 1.69 bits per heavy atom. The first-order valence-electron chi connectivity index (χ1n) is 10.4. The molecule has 0 aliphatic heterocycles. The molecule has 0 saturated heterocycles. The average molecular weight is 402 g/mol. The molecule has 0 aromatic heterocycles. The molecule has 5 heteroatoms. The minimum absolute atomic E-state index is 0.303. The minimum Gasteiger partial charge on any atom is -0.497 e. The van der Waals surface area contributed by atoms with Gasteiger partial charge in [-0.2, -0.15) is 0 Å². The third-order valence-corrected chi connectivity index (χ3v) is 4.90. The molecule has 29 heavy (non-hydrogen) atoms. The lowest BCUT2D eigenvalue weighted by Crippen LogP contribution is -2.35. The number of benzene rings is 2. The van der Waals surface area contributed by atoms with E-state index in [9.17, 15) is 9.18 Å². The van der Waals surface area contributed by atoms with Crippen LogP contribution in [0.2, 0.25) is 0 Å². The van der Waals surface area contributed by atoms with Crippen molar-refractivity contribution in [2.45, 2.75) is 52.1 Å². The summed E-state index contributed by atoms with van der Waals surface area (Å²) in [6.07, 6.45) is 4.41. The van der Waals surface area contributed by atoms with Crippen LogP contribution in [0.1, 0.15) is 56.7 Å². The number of hydrogen-bond donors (Lipinski definition) is 0. The normalized spacial score (nSPS) is 12.0. The van der Waals surface area contributed by atoms with E-state index in [2.05, 4.69) is 11.8 Å². The Morgan fingerprint density at radius 3 is 2.28 bits per heavy atom. The number of methoxy groups -OCH3 is 1. The van der Waals surface area contributed by atoms with Crippen molar-refractivity contribution < 1.29 is 18.7 Å². The maximum atomic E-state index is 13.5. The molecular formula is C24H32FNO3. The molecule has 1 unspecified atom stereocenters. The van der Waals surface area contributed by atoms with Crippen LogP contribution in [0.4, 0.5) is 4.39 Å². The number of nitrogens with zero attached hydrogens (tertiary/aromatic N) is 1. The van der Waals surface area contributed by atoms with Gasteiger partial charge >= 0.3 is 5.97 Å². The highest BCUT2D eigenvalue weighted by atomic mass is 19.1. The summed E-state index contributed by atoms with van der Waals surface area (Å²) in [5.41, 5.74) is 1.83. The molecule has 2 rings (SSSR count). The van der Waals surface area contributed by atoms with Gasteiger partial charge in [-0.1, -0.05) is 50.5 Å². The number of carbonyl (C=O) groups is 1. The van der Waals surface area contributed by atoms with Crippen LogP contribution >= 0.6 is 0 Å². The zero-order valence-corrected chi connectivity index (χ0v) is 17.7. The predicted molar refractivity (Wildman–Crippen MR) is 113 cm³/mol. The fourth-order valence-electron chi connectivity index (χ4n) is 3.37. The zero-order chi connectivity index (χ0) is 21.1. The van der Waals surface area contributed by atoms with Gasteiger partial charge in [0.25, 0.3) is 0 Å². The first-order chi connectivity index (χ1) is 14.1. The molecule has 4 nitrogen and oxygen atoms in total. The molecule has 1 atom stereocenters. The lowest BCUT2D eigenvalue weighted by molar-refractivity contribution is -0.150. The Balaban J connectivity index is 2.30. The van der Waals surface area contributed by atoms with Crippen molar-refractivity contribution in [3.63, 3.8) is 0 Å². The molecule has 0 aliphatic rings. The highest BCUT2D eigenvalue weighted by Crippen LogP contribution is 2.26. The van der Waals surface area contributed by atoms with Crippen LogP contribution in [0.5, 0.6) is 5.75 Å². The topological polar surface area (TPSA) is 38.8 Å². The van der Waals surface area contributed by atoms with E-state index in [1.165, 1.54) is 12.1 Å². The van der Waals surface area contributed by atoms with Crippen LogP contribution < -0.4 is 4.74 Å². The van der Waals surface area contributed by atoms with Gasteiger partial charge in [0, 0.05) is 6.54 Å². The average Bonchev–Trinajstić information content (AvgIpc) is 2.73. The Hall–Kier alpha value is -2.40. The van der Waals surface area contributed by atoms with Crippen molar-refractivity contribution >= 4 is 5.97 Å². The van der Waals surface area contributed by atoms with Gasteiger partial charge in [0.1, 0.15) is 17.6 Å². The first kappa shape index (κ1) is 22.9. The molecule has 0 spiro atoms. The van der Waals surface area contributed by atoms with Crippen LogP contribution in [0.3, 0.4) is 0 Å². The monoisotopic (exact) mass is 401 g/mol. The molecule has 0 N–H and O–H groups in total. The van der Waals surface area contributed by atoms with Gasteiger partial charge in [-0.15, -0.1) is 0 Å². The summed E-state index contributed by atoms with van der Waals surface area (Å²) in [5, 5.41) is 0. The highest BCUT2D eigenvalue weighted by Gasteiger charge is 2.29. The van der Waals surface area contributed by atoms with E-state index < -0.39 is 6.04 Å². The number of carbonyl (C=O) groups excluding carboxylic acids is 1. The lowest BCUT2D eigenvalue weighted by atomic mass is 10.0. The molecule has 0 aliphatic carbocycles. The van der Waals surface area contributed by atoms with Crippen LogP contribution in [-0.2, 0) is 16.1 Å². The van der Waals surface area contributed by atoms with Crippen molar-refractivity contribution in [1.82, 2.24) is 4.90 Å². The first-order valence-corrected chi connectivity index (χ1v) is 10.4. The quantitative estimate of drug-likeness (QED) is 0.347. The van der Waals surface area contributed by atoms with Crippen LogP contribution in [0, 0.1) is 5.82 Å². The highest BCUT2D eigenvalue weighted by molar-refractivity contribution is 5.77.